The van der Waals surface area contributed by atoms with Gasteiger partial charge in [-0.15, -0.1) is 0 Å². The number of carbonyl (C=O) groups is 1. The van der Waals surface area contributed by atoms with Gasteiger partial charge in [0.15, 0.2) is 0 Å². The molecule has 1 aliphatic rings. The highest BCUT2D eigenvalue weighted by Gasteiger charge is 2.26. The maximum atomic E-state index is 11.5. The molecule has 1 amide bonds. The lowest BCUT2D eigenvalue weighted by Gasteiger charge is -2.31. The van der Waals surface area contributed by atoms with Crippen molar-refractivity contribution in [1.29, 1.82) is 0 Å². The van der Waals surface area contributed by atoms with Crippen molar-refractivity contribution in [3.8, 4) is 11.4 Å². The molecular weight excluding hydrogens is 290 g/mol. The van der Waals surface area contributed by atoms with Crippen LogP contribution < -0.4 is 0 Å². The van der Waals surface area contributed by atoms with Crippen LogP contribution in [0.2, 0.25) is 0 Å². The maximum Gasteiger partial charge on any atom is 0.219 e. The smallest absolute Gasteiger partial charge is 0.219 e. The molecule has 0 aliphatic carbocycles. The zero-order valence-electron chi connectivity index (χ0n) is 13.8. The van der Waals surface area contributed by atoms with Gasteiger partial charge < -0.3 is 4.90 Å². The summed E-state index contributed by atoms with van der Waals surface area (Å²) in [5.41, 5.74) is 3.00. The number of likely N-dealkylation sites (tertiary alicyclic amines) is 1. The Morgan fingerprint density at radius 3 is 2.65 bits per heavy atom. The second kappa shape index (κ2) is 6.89. The molecule has 1 fully saturated rings. The Kier molecular flexibility index (Phi) is 4.69. The number of rotatable bonds is 4. The third-order valence-corrected chi connectivity index (χ3v) is 4.45. The molecule has 0 aromatic carbocycles. The Morgan fingerprint density at radius 1 is 1.22 bits per heavy atom. The molecule has 0 spiro atoms. The number of piperidine rings is 1. The summed E-state index contributed by atoms with van der Waals surface area (Å²) in [5, 5.41) is 4.40. The zero-order chi connectivity index (χ0) is 16.2. The van der Waals surface area contributed by atoms with Crippen molar-refractivity contribution < 1.29 is 4.79 Å². The van der Waals surface area contributed by atoms with Crippen molar-refractivity contribution in [3.05, 3.63) is 30.4 Å². The summed E-state index contributed by atoms with van der Waals surface area (Å²) in [5.74, 6) is 0.503. The predicted molar refractivity (Wildman–Crippen MR) is 87.8 cm³/mol. The van der Waals surface area contributed by atoms with E-state index in [-0.39, 0.29) is 5.91 Å². The van der Waals surface area contributed by atoms with Gasteiger partial charge in [-0.3, -0.25) is 19.4 Å². The molecule has 0 unspecified atom stereocenters. The van der Waals surface area contributed by atoms with E-state index >= 15 is 0 Å². The fourth-order valence-corrected chi connectivity index (χ4v) is 3.24. The van der Waals surface area contributed by atoms with Crippen LogP contribution in [0.4, 0.5) is 0 Å². The first-order valence-electron chi connectivity index (χ1n) is 8.29. The maximum absolute atomic E-state index is 11.5. The van der Waals surface area contributed by atoms with Crippen molar-refractivity contribution >= 4 is 5.91 Å². The summed E-state index contributed by atoms with van der Waals surface area (Å²) in [4.78, 5) is 22.6. The first kappa shape index (κ1) is 15.6. The highest BCUT2D eigenvalue weighted by molar-refractivity contribution is 5.73. The van der Waals surface area contributed by atoms with Gasteiger partial charge in [0.25, 0.3) is 0 Å². The average Bonchev–Trinajstić information content (AvgIpc) is 3.03. The molecule has 3 heterocycles. The fourth-order valence-electron chi connectivity index (χ4n) is 3.24. The van der Waals surface area contributed by atoms with Gasteiger partial charge in [0.2, 0.25) is 5.91 Å². The molecule has 122 valence electrons. The molecule has 6 nitrogen and oxygen atoms in total. The number of carbonyl (C=O) groups excluding carboxylic acids is 1. The SMILES string of the molecule is CCCn1nccc1-c1nccnc1C1CCN(C(C)=O)CC1. The summed E-state index contributed by atoms with van der Waals surface area (Å²) >= 11 is 0. The van der Waals surface area contributed by atoms with Crippen molar-refractivity contribution in [2.75, 3.05) is 13.1 Å². The van der Waals surface area contributed by atoms with Crippen molar-refractivity contribution in [2.45, 2.75) is 45.6 Å². The van der Waals surface area contributed by atoms with E-state index in [1.54, 1.807) is 19.3 Å². The molecule has 2 aromatic rings. The summed E-state index contributed by atoms with van der Waals surface area (Å²) in [7, 11) is 0. The minimum Gasteiger partial charge on any atom is -0.343 e. The highest BCUT2D eigenvalue weighted by Crippen LogP contribution is 2.32. The van der Waals surface area contributed by atoms with Gasteiger partial charge in [-0.05, 0) is 25.3 Å². The first-order chi connectivity index (χ1) is 11.2. The monoisotopic (exact) mass is 313 g/mol. The van der Waals surface area contributed by atoms with Gasteiger partial charge in [-0.1, -0.05) is 6.92 Å². The lowest BCUT2D eigenvalue weighted by molar-refractivity contribution is -0.129. The van der Waals surface area contributed by atoms with Gasteiger partial charge in [0.05, 0.1) is 11.4 Å². The molecule has 1 aliphatic heterocycles. The second-order valence-electron chi connectivity index (χ2n) is 6.01. The van der Waals surface area contributed by atoms with Crippen molar-refractivity contribution in [3.63, 3.8) is 0 Å². The number of nitrogens with zero attached hydrogens (tertiary/aromatic N) is 5. The number of aryl methyl sites for hydroxylation is 1. The third kappa shape index (κ3) is 3.25. The van der Waals surface area contributed by atoms with E-state index in [2.05, 4.69) is 22.0 Å². The van der Waals surface area contributed by atoms with Crippen molar-refractivity contribution in [2.24, 2.45) is 0 Å². The predicted octanol–water partition coefficient (Wildman–Crippen LogP) is 2.48. The minimum atomic E-state index is 0.156. The van der Waals surface area contributed by atoms with Crippen LogP contribution in [0.5, 0.6) is 0 Å². The molecule has 0 N–H and O–H groups in total. The van der Waals surface area contributed by atoms with Gasteiger partial charge in [0, 0.05) is 51.1 Å². The van der Waals surface area contributed by atoms with Crippen LogP contribution in [-0.4, -0.2) is 43.6 Å². The molecule has 0 bridgehead atoms. The highest BCUT2D eigenvalue weighted by atomic mass is 16.2. The topological polar surface area (TPSA) is 63.9 Å². The van der Waals surface area contributed by atoms with Gasteiger partial charge >= 0.3 is 0 Å². The second-order valence-corrected chi connectivity index (χ2v) is 6.01. The van der Waals surface area contributed by atoms with Gasteiger partial charge in [-0.25, -0.2) is 0 Å². The average molecular weight is 313 g/mol. The van der Waals surface area contributed by atoms with E-state index in [1.807, 2.05) is 21.8 Å². The number of hydrogen-bond acceptors (Lipinski definition) is 4. The van der Waals surface area contributed by atoms with E-state index in [9.17, 15) is 4.79 Å². The van der Waals surface area contributed by atoms with E-state index in [4.69, 9.17) is 0 Å². The Morgan fingerprint density at radius 2 is 1.96 bits per heavy atom. The summed E-state index contributed by atoms with van der Waals surface area (Å²) in [6.07, 6.45) is 8.23. The Bertz CT molecular complexity index is 673. The Hall–Kier alpha value is -2.24. The number of amides is 1. The molecule has 2 aromatic heterocycles. The van der Waals surface area contributed by atoms with Crippen LogP contribution in [0.15, 0.2) is 24.7 Å². The Labute approximate surface area is 136 Å². The fraction of sp³-hybridized carbons (Fsp3) is 0.529. The van der Waals surface area contributed by atoms with Crippen LogP contribution in [0.3, 0.4) is 0 Å². The van der Waals surface area contributed by atoms with E-state index in [0.717, 1.165) is 56.0 Å². The number of aromatic nitrogens is 4. The largest absolute Gasteiger partial charge is 0.343 e. The van der Waals surface area contributed by atoms with Crippen LogP contribution in [0.1, 0.15) is 44.7 Å². The Balaban J connectivity index is 1.87. The molecule has 0 saturated carbocycles. The molecule has 3 rings (SSSR count). The first-order valence-corrected chi connectivity index (χ1v) is 8.29. The molecular formula is C17H23N5O. The minimum absolute atomic E-state index is 0.156. The molecule has 23 heavy (non-hydrogen) atoms. The van der Waals surface area contributed by atoms with Crippen LogP contribution in [0.25, 0.3) is 11.4 Å². The van der Waals surface area contributed by atoms with Gasteiger partial charge in [0.1, 0.15) is 5.69 Å². The molecule has 0 radical (unpaired) electrons. The van der Waals surface area contributed by atoms with E-state index in [1.165, 1.54) is 0 Å². The summed E-state index contributed by atoms with van der Waals surface area (Å²) < 4.78 is 2.00. The summed E-state index contributed by atoms with van der Waals surface area (Å²) in [6.45, 7) is 6.24. The lowest BCUT2D eigenvalue weighted by Crippen LogP contribution is -2.36. The van der Waals surface area contributed by atoms with E-state index < -0.39 is 0 Å². The quantitative estimate of drug-likeness (QED) is 0.870. The standard InChI is InChI=1S/C17H23N5O/c1-3-10-22-15(4-7-20-22)17-16(18-8-9-19-17)14-5-11-21(12-6-14)13(2)23/h4,7-9,14H,3,5-6,10-12H2,1-2H3. The number of hydrogen-bond donors (Lipinski definition) is 0. The van der Waals surface area contributed by atoms with Crippen molar-refractivity contribution in [1.82, 2.24) is 24.6 Å². The summed E-state index contributed by atoms with van der Waals surface area (Å²) in [6, 6.07) is 2.01. The molecule has 6 heteroatoms. The molecule has 1 saturated heterocycles. The third-order valence-electron chi connectivity index (χ3n) is 4.45. The lowest BCUT2D eigenvalue weighted by atomic mass is 9.91. The van der Waals surface area contributed by atoms with Crippen LogP contribution >= 0.6 is 0 Å². The van der Waals surface area contributed by atoms with E-state index in [0.29, 0.717) is 5.92 Å². The normalized spacial score (nSPS) is 15.8. The van der Waals surface area contributed by atoms with Crippen LogP contribution in [-0.2, 0) is 11.3 Å². The van der Waals surface area contributed by atoms with Crippen LogP contribution in [0, 0.1) is 0 Å². The molecule has 0 atom stereocenters. The van der Waals surface area contributed by atoms with Gasteiger partial charge in [-0.2, -0.15) is 5.10 Å². The zero-order valence-corrected chi connectivity index (χ0v) is 13.8.